The average Bonchev–Trinajstić information content (AvgIpc) is 2.62. The zero-order valence-electron chi connectivity index (χ0n) is 13.5. The molecular weight excluding hydrogens is 318 g/mol. The van der Waals surface area contributed by atoms with Gasteiger partial charge in [-0.05, 0) is 30.2 Å². The molecule has 0 amide bonds. The Hall–Kier alpha value is -3.48. The van der Waals surface area contributed by atoms with Crippen LogP contribution in [0.15, 0.2) is 52.1 Å². The van der Waals surface area contributed by atoms with Gasteiger partial charge in [0.1, 0.15) is 0 Å². The molecule has 2 aromatic carbocycles. The number of hydrogen-bond donors (Lipinski definition) is 2. The van der Waals surface area contributed by atoms with Crippen LogP contribution in [-0.4, -0.2) is 19.5 Å². The van der Waals surface area contributed by atoms with E-state index in [1.54, 1.807) is 12.1 Å². The van der Waals surface area contributed by atoms with E-state index < -0.39 is 11.2 Å². The van der Waals surface area contributed by atoms with Gasteiger partial charge >= 0.3 is 5.69 Å². The molecule has 0 radical (unpaired) electrons. The molecule has 7 nitrogen and oxygen atoms in total. The monoisotopic (exact) mass is 333 g/mol. The summed E-state index contributed by atoms with van der Waals surface area (Å²) in [4.78, 5) is 36.6. The van der Waals surface area contributed by atoms with Crippen LogP contribution in [0.1, 0.15) is 11.1 Å². The number of nitrogens with two attached hydrogens (primary N) is 1. The summed E-state index contributed by atoms with van der Waals surface area (Å²) < 4.78 is 1.13. The first kappa shape index (κ1) is 15.1. The number of aromatic nitrogens is 4. The number of benzene rings is 2. The zero-order chi connectivity index (χ0) is 17.6. The normalized spacial score (nSPS) is 11.2. The van der Waals surface area contributed by atoms with Gasteiger partial charge in [-0.1, -0.05) is 30.3 Å². The van der Waals surface area contributed by atoms with Gasteiger partial charge in [-0.2, -0.15) is 0 Å². The number of rotatable bonds is 2. The van der Waals surface area contributed by atoms with Gasteiger partial charge in [0, 0.05) is 5.69 Å². The van der Waals surface area contributed by atoms with Crippen LogP contribution in [0.4, 0.5) is 5.69 Å². The lowest BCUT2D eigenvalue weighted by Crippen LogP contribution is -2.36. The highest BCUT2D eigenvalue weighted by Gasteiger charge is 2.13. The molecular formula is C18H15N5O2. The molecule has 124 valence electrons. The Kier molecular flexibility index (Phi) is 3.35. The van der Waals surface area contributed by atoms with Gasteiger partial charge in [0.15, 0.2) is 11.2 Å². The number of H-pyrrole nitrogens is 1. The van der Waals surface area contributed by atoms with Crippen LogP contribution >= 0.6 is 0 Å². The summed E-state index contributed by atoms with van der Waals surface area (Å²) in [6.07, 6.45) is 0. The summed E-state index contributed by atoms with van der Waals surface area (Å²) in [5.74, 6) is 0. The highest BCUT2D eigenvalue weighted by molar-refractivity contribution is 5.88. The average molecular weight is 333 g/mol. The van der Waals surface area contributed by atoms with Crippen molar-refractivity contribution in [2.45, 2.75) is 13.5 Å². The van der Waals surface area contributed by atoms with Gasteiger partial charge in [0.05, 0.1) is 17.6 Å². The van der Waals surface area contributed by atoms with Gasteiger partial charge in [0.25, 0.3) is 5.56 Å². The number of hydrogen-bond acceptors (Lipinski definition) is 5. The van der Waals surface area contributed by atoms with E-state index >= 15 is 0 Å². The molecule has 0 fully saturated rings. The Bertz CT molecular complexity index is 1230. The van der Waals surface area contributed by atoms with Crippen molar-refractivity contribution in [1.82, 2.24) is 19.5 Å². The van der Waals surface area contributed by atoms with E-state index in [1.165, 1.54) is 0 Å². The van der Waals surface area contributed by atoms with Gasteiger partial charge in [-0.3, -0.25) is 14.3 Å². The van der Waals surface area contributed by atoms with Crippen molar-refractivity contribution in [3.63, 3.8) is 0 Å². The van der Waals surface area contributed by atoms with Crippen molar-refractivity contribution in [2.75, 3.05) is 5.73 Å². The van der Waals surface area contributed by atoms with E-state index in [2.05, 4.69) is 15.0 Å². The lowest BCUT2D eigenvalue weighted by Gasteiger charge is -2.08. The van der Waals surface area contributed by atoms with Crippen molar-refractivity contribution >= 4 is 27.9 Å². The molecule has 0 atom stereocenters. The predicted octanol–water partition coefficient (Wildman–Crippen LogP) is 1.57. The van der Waals surface area contributed by atoms with Crippen LogP contribution < -0.4 is 17.0 Å². The number of fused-ring (bicyclic) bond motifs is 2. The molecule has 2 aromatic heterocycles. The van der Waals surface area contributed by atoms with E-state index in [-0.39, 0.29) is 17.7 Å². The van der Waals surface area contributed by atoms with Gasteiger partial charge in [-0.15, -0.1) is 0 Å². The molecule has 0 spiro atoms. The first-order valence-electron chi connectivity index (χ1n) is 7.78. The number of aryl methyl sites for hydroxylation is 1. The molecule has 2 heterocycles. The van der Waals surface area contributed by atoms with Crippen LogP contribution in [0, 0.1) is 6.92 Å². The molecule has 25 heavy (non-hydrogen) atoms. The zero-order valence-corrected chi connectivity index (χ0v) is 13.5. The molecule has 0 unspecified atom stereocenters. The second kappa shape index (κ2) is 5.55. The standard InChI is InChI=1S/C18H15N5O2/c1-10-12(19)7-8-13-14(10)21-16-15(20-13)17(24)23(18(25)22-16)9-11-5-3-2-4-6-11/h2-8H,9,19H2,1H3,(H,21,22,25). The molecule has 0 saturated heterocycles. The summed E-state index contributed by atoms with van der Waals surface area (Å²) in [6, 6.07) is 12.7. The van der Waals surface area contributed by atoms with Crippen LogP contribution in [0.25, 0.3) is 22.2 Å². The number of nitrogens with zero attached hydrogens (tertiary/aromatic N) is 3. The molecule has 4 aromatic rings. The van der Waals surface area contributed by atoms with Crippen LogP contribution in [0.5, 0.6) is 0 Å². The maximum atomic E-state index is 12.8. The lowest BCUT2D eigenvalue weighted by atomic mass is 10.1. The second-order valence-corrected chi connectivity index (χ2v) is 5.88. The fourth-order valence-corrected chi connectivity index (χ4v) is 2.81. The highest BCUT2D eigenvalue weighted by atomic mass is 16.2. The predicted molar refractivity (Wildman–Crippen MR) is 96.6 cm³/mol. The van der Waals surface area contributed by atoms with Crippen LogP contribution in [0.3, 0.4) is 0 Å². The summed E-state index contributed by atoms with van der Waals surface area (Å²) in [5.41, 5.74) is 8.55. The van der Waals surface area contributed by atoms with Crippen molar-refractivity contribution in [1.29, 1.82) is 0 Å². The lowest BCUT2D eigenvalue weighted by molar-refractivity contribution is 0.708. The third kappa shape index (κ3) is 2.46. The molecule has 0 saturated carbocycles. The molecule has 0 aliphatic rings. The SMILES string of the molecule is Cc1c(N)ccc2nc3c(=O)n(Cc4ccccc4)c(=O)[nH]c3nc12. The minimum Gasteiger partial charge on any atom is -0.398 e. The minimum absolute atomic E-state index is 0.132. The van der Waals surface area contributed by atoms with Gasteiger partial charge < -0.3 is 5.73 Å². The smallest absolute Gasteiger partial charge is 0.330 e. The molecule has 3 N–H and O–H groups in total. The largest absolute Gasteiger partial charge is 0.398 e. The third-order valence-electron chi connectivity index (χ3n) is 4.23. The second-order valence-electron chi connectivity index (χ2n) is 5.88. The quantitative estimate of drug-likeness (QED) is 0.428. The fraction of sp³-hybridized carbons (Fsp3) is 0.111. The number of nitrogens with one attached hydrogen (secondary N) is 1. The Balaban J connectivity index is 1.98. The Labute approximate surface area is 141 Å². The first-order chi connectivity index (χ1) is 12.0. The van der Waals surface area contributed by atoms with Crippen LogP contribution in [0.2, 0.25) is 0 Å². The van der Waals surface area contributed by atoms with Crippen molar-refractivity contribution < 1.29 is 0 Å². The van der Waals surface area contributed by atoms with E-state index in [0.29, 0.717) is 16.7 Å². The van der Waals surface area contributed by atoms with E-state index in [0.717, 1.165) is 15.7 Å². The number of aromatic amines is 1. The summed E-state index contributed by atoms with van der Waals surface area (Å²) in [6.45, 7) is 2.00. The highest BCUT2D eigenvalue weighted by Crippen LogP contribution is 2.21. The Morgan fingerprint density at radius 3 is 2.56 bits per heavy atom. The summed E-state index contributed by atoms with van der Waals surface area (Å²) in [5, 5.41) is 0. The molecule has 0 aliphatic heterocycles. The van der Waals surface area contributed by atoms with Crippen molar-refractivity contribution in [3.8, 4) is 0 Å². The topological polar surface area (TPSA) is 107 Å². The molecule has 4 rings (SSSR count). The van der Waals surface area contributed by atoms with E-state index in [4.69, 9.17) is 5.73 Å². The van der Waals surface area contributed by atoms with Crippen molar-refractivity contribution in [3.05, 3.63) is 74.4 Å². The number of anilines is 1. The third-order valence-corrected chi connectivity index (χ3v) is 4.23. The maximum absolute atomic E-state index is 12.8. The molecule has 0 aliphatic carbocycles. The van der Waals surface area contributed by atoms with Crippen LogP contribution in [-0.2, 0) is 6.54 Å². The minimum atomic E-state index is -0.517. The van der Waals surface area contributed by atoms with E-state index in [1.807, 2.05) is 37.3 Å². The molecule has 7 heteroatoms. The molecule has 0 bridgehead atoms. The summed E-state index contributed by atoms with van der Waals surface area (Å²) >= 11 is 0. The maximum Gasteiger partial charge on any atom is 0.330 e. The first-order valence-corrected chi connectivity index (χ1v) is 7.78. The Morgan fingerprint density at radius 1 is 1.04 bits per heavy atom. The Morgan fingerprint density at radius 2 is 1.80 bits per heavy atom. The number of nitrogen functional groups attached to an aromatic ring is 1. The summed E-state index contributed by atoms with van der Waals surface area (Å²) in [7, 11) is 0. The fourth-order valence-electron chi connectivity index (χ4n) is 2.81. The van der Waals surface area contributed by atoms with Crippen molar-refractivity contribution in [2.24, 2.45) is 0 Å². The van der Waals surface area contributed by atoms with Gasteiger partial charge in [-0.25, -0.2) is 14.8 Å². The van der Waals surface area contributed by atoms with Gasteiger partial charge in [0.2, 0.25) is 0 Å². The van der Waals surface area contributed by atoms with E-state index in [9.17, 15) is 9.59 Å².